The second-order valence-corrected chi connectivity index (χ2v) is 8.25. The van der Waals surface area contributed by atoms with Gasteiger partial charge in [-0.1, -0.05) is 12.1 Å². The molecule has 1 amide bonds. The van der Waals surface area contributed by atoms with Gasteiger partial charge in [-0.05, 0) is 64.1 Å². The molecule has 0 saturated carbocycles. The van der Waals surface area contributed by atoms with Gasteiger partial charge in [-0.3, -0.25) is 14.2 Å². The Bertz CT molecular complexity index is 1420. The molecule has 0 aliphatic heterocycles. The zero-order valence-corrected chi connectivity index (χ0v) is 18.3. The summed E-state index contributed by atoms with van der Waals surface area (Å²) >= 11 is 0. The molecule has 0 bridgehead atoms. The van der Waals surface area contributed by atoms with Crippen LogP contribution in [0, 0.1) is 5.82 Å². The molecule has 0 spiro atoms. The molecule has 2 aromatic heterocycles. The number of furan rings is 1. The van der Waals surface area contributed by atoms with Crippen LogP contribution < -0.4 is 11.2 Å². The van der Waals surface area contributed by atoms with E-state index < -0.39 is 17.1 Å². The maximum Gasteiger partial charge on any atom is 0.336 e. The molecule has 4 rings (SSSR count). The Hall–Kier alpha value is -3.68. The van der Waals surface area contributed by atoms with E-state index in [1.807, 2.05) is 27.7 Å². The molecule has 0 unspecified atom stereocenters. The van der Waals surface area contributed by atoms with Gasteiger partial charge in [-0.25, -0.2) is 13.8 Å². The number of hydrogen-bond donors (Lipinski definition) is 0. The van der Waals surface area contributed by atoms with E-state index in [2.05, 4.69) is 0 Å². The first kappa shape index (κ1) is 21.5. The second-order valence-electron chi connectivity index (χ2n) is 8.25. The van der Waals surface area contributed by atoms with Crippen LogP contribution in [0.3, 0.4) is 0 Å². The van der Waals surface area contributed by atoms with Crippen molar-refractivity contribution in [3.8, 4) is 5.69 Å². The van der Waals surface area contributed by atoms with Crippen LogP contribution >= 0.6 is 0 Å². The number of carbonyl (C=O) groups is 1. The highest BCUT2D eigenvalue weighted by Gasteiger charge is 2.25. The number of benzene rings is 2. The molecule has 0 saturated heterocycles. The van der Waals surface area contributed by atoms with Crippen molar-refractivity contribution in [3.63, 3.8) is 0 Å². The topological polar surface area (TPSA) is 77.5 Å². The van der Waals surface area contributed by atoms with Gasteiger partial charge in [0.15, 0.2) is 0 Å². The van der Waals surface area contributed by atoms with Crippen LogP contribution in [0.25, 0.3) is 27.8 Å². The lowest BCUT2D eigenvalue weighted by Crippen LogP contribution is -2.46. The van der Waals surface area contributed by atoms with E-state index in [1.165, 1.54) is 28.8 Å². The standard InChI is InChI=1S/C24H24FN3O4/c1-14(2)27(15(3)4)20(29)13-26-21-18-7-5-6-8-19(18)32-22(21)23(30)28(24(26)31)17-11-9-16(25)10-12-17/h5-12,14-15H,13H2,1-4H3. The number of fused-ring (bicyclic) bond motifs is 3. The summed E-state index contributed by atoms with van der Waals surface area (Å²) in [6, 6.07) is 11.8. The van der Waals surface area contributed by atoms with Gasteiger partial charge in [0.05, 0.1) is 5.69 Å². The van der Waals surface area contributed by atoms with E-state index in [9.17, 15) is 18.8 Å². The van der Waals surface area contributed by atoms with Crippen molar-refractivity contribution < 1.29 is 13.6 Å². The number of nitrogens with zero attached hydrogens (tertiary/aromatic N) is 3. The van der Waals surface area contributed by atoms with Crippen molar-refractivity contribution >= 4 is 28.0 Å². The van der Waals surface area contributed by atoms with Crippen molar-refractivity contribution in [1.82, 2.24) is 14.0 Å². The summed E-state index contributed by atoms with van der Waals surface area (Å²) < 4.78 is 21.4. The van der Waals surface area contributed by atoms with Crippen molar-refractivity contribution in [1.29, 1.82) is 0 Å². The first-order chi connectivity index (χ1) is 15.2. The molecule has 0 radical (unpaired) electrons. The van der Waals surface area contributed by atoms with Gasteiger partial charge >= 0.3 is 11.2 Å². The molecular weight excluding hydrogens is 413 g/mol. The molecule has 8 heteroatoms. The van der Waals surface area contributed by atoms with Crippen molar-refractivity contribution in [2.75, 3.05) is 0 Å². The third kappa shape index (κ3) is 3.51. The van der Waals surface area contributed by atoms with Crippen LogP contribution in [0.1, 0.15) is 27.7 Å². The summed E-state index contributed by atoms with van der Waals surface area (Å²) in [6.45, 7) is 7.36. The summed E-state index contributed by atoms with van der Waals surface area (Å²) in [7, 11) is 0. The number of rotatable bonds is 5. The number of carbonyl (C=O) groups excluding carboxylic acids is 1. The molecule has 2 aromatic carbocycles. The second kappa shape index (κ2) is 8.11. The van der Waals surface area contributed by atoms with Crippen LogP contribution in [0.5, 0.6) is 0 Å². The maximum absolute atomic E-state index is 13.5. The van der Waals surface area contributed by atoms with Crippen LogP contribution in [0.15, 0.2) is 62.5 Å². The first-order valence-corrected chi connectivity index (χ1v) is 10.4. The van der Waals surface area contributed by atoms with Gasteiger partial charge in [0.25, 0.3) is 0 Å². The number of amides is 1. The van der Waals surface area contributed by atoms with E-state index in [-0.39, 0.29) is 41.3 Å². The average Bonchev–Trinajstić information content (AvgIpc) is 3.12. The highest BCUT2D eigenvalue weighted by molar-refractivity contribution is 6.02. The van der Waals surface area contributed by atoms with E-state index in [1.54, 1.807) is 29.2 Å². The smallest absolute Gasteiger partial charge is 0.336 e. The number of aromatic nitrogens is 2. The van der Waals surface area contributed by atoms with Crippen molar-refractivity contribution in [2.24, 2.45) is 0 Å². The van der Waals surface area contributed by atoms with Crippen LogP contribution in [-0.2, 0) is 11.3 Å². The summed E-state index contributed by atoms with van der Waals surface area (Å²) in [4.78, 5) is 41.7. The Kier molecular flexibility index (Phi) is 5.46. The molecule has 32 heavy (non-hydrogen) atoms. The van der Waals surface area contributed by atoms with E-state index in [4.69, 9.17) is 4.42 Å². The van der Waals surface area contributed by atoms with E-state index in [0.717, 1.165) is 4.57 Å². The van der Waals surface area contributed by atoms with Gasteiger partial charge in [-0.2, -0.15) is 0 Å². The molecule has 0 fully saturated rings. The minimum Gasteiger partial charge on any atom is -0.449 e. The fourth-order valence-electron chi connectivity index (χ4n) is 4.20. The van der Waals surface area contributed by atoms with Crippen LogP contribution in [0.2, 0.25) is 0 Å². The molecule has 166 valence electrons. The number of para-hydroxylation sites is 1. The molecule has 4 aromatic rings. The maximum atomic E-state index is 13.5. The monoisotopic (exact) mass is 437 g/mol. The minimum atomic E-state index is -0.693. The lowest BCUT2D eigenvalue weighted by molar-refractivity contribution is -0.135. The Labute approximate surface area is 183 Å². The van der Waals surface area contributed by atoms with Gasteiger partial charge in [0.1, 0.15) is 23.5 Å². The molecule has 2 heterocycles. The largest absolute Gasteiger partial charge is 0.449 e. The predicted octanol–water partition coefficient (Wildman–Crippen LogP) is 3.68. The molecular formula is C24H24FN3O4. The molecule has 7 nitrogen and oxygen atoms in total. The van der Waals surface area contributed by atoms with Crippen molar-refractivity contribution in [2.45, 2.75) is 46.3 Å². The Morgan fingerprint density at radius 1 is 1.00 bits per heavy atom. The highest BCUT2D eigenvalue weighted by atomic mass is 19.1. The fourth-order valence-corrected chi connectivity index (χ4v) is 4.20. The quantitative estimate of drug-likeness (QED) is 0.477. The van der Waals surface area contributed by atoms with Crippen LogP contribution in [0.4, 0.5) is 4.39 Å². The van der Waals surface area contributed by atoms with Crippen LogP contribution in [-0.4, -0.2) is 32.0 Å². The fraction of sp³-hybridized carbons (Fsp3) is 0.292. The number of hydrogen-bond acceptors (Lipinski definition) is 4. The summed E-state index contributed by atoms with van der Waals surface area (Å²) in [5, 5.41) is 0.566. The summed E-state index contributed by atoms with van der Waals surface area (Å²) in [6.07, 6.45) is 0. The Morgan fingerprint density at radius 2 is 1.62 bits per heavy atom. The zero-order valence-electron chi connectivity index (χ0n) is 18.3. The highest BCUT2D eigenvalue weighted by Crippen LogP contribution is 2.26. The molecule has 0 aliphatic carbocycles. The van der Waals surface area contributed by atoms with Gasteiger partial charge < -0.3 is 9.32 Å². The lowest BCUT2D eigenvalue weighted by atomic mass is 10.2. The van der Waals surface area contributed by atoms with Gasteiger partial charge in [-0.15, -0.1) is 0 Å². The average molecular weight is 437 g/mol. The van der Waals surface area contributed by atoms with E-state index >= 15 is 0 Å². The Balaban J connectivity index is 2.04. The predicted molar refractivity (Wildman–Crippen MR) is 121 cm³/mol. The third-order valence-corrected chi connectivity index (χ3v) is 5.44. The SMILES string of the molecule is CC(C)N(C(=O)Cn1c(=O)n(-c2ccc(F)cc2)c(=O)c2oc3ccccc3c21)C(C)C. The van der Waals surface area contributed by atoms with Gasteiger partial charge in [0, 0.05) is 17.5 Å². The summed E-state index contributed by atoms with van der Waals surface area (Å²) in [5.41, 5.74) is -0.503. The van der Waals surface area contributed by atoms with Crippen molar-refractivity contribution in [3.05, 3.63) is 75.2 Å². The molecule has 0 aliphatic rings. The van der Waals surface area contributed by atoms with E-state index in [0.29, 0.717) is 11.0 Å². The zero-order chi connectivity index (χ0) is 23.2. The summed E-state index contributed by atoms with van der Waals surface area (Å²) in [5.74, 6) is -0.750. The lowest BCUT2D eigenvalue weighted by Gasteiger charge is -2.31. The molecule has 0 atom stereocenters. The third-order valence-electron chi connectivity index (χ3n) is 5.44. The normalized spacial score (nSPS) is 11.7. The first-order valence-electron chi connectivity index (χ1n) is 10.4. The minimum absolute atomic E-state index is 0.0384. The number of halogens is 1. The molecule has 0 N–H and O–H groups in total. The van der Waals surface area contributed by atoms with Gasteiger partial charge in [0.2, 0.25) is 11.5 Å². The Morgan fingerprint density at radius 3 is 2.25 bits per heavy atom.